The summed E-state index contributed by atoms with van der Waals surface area (Å²) in [7, 11) is 0. The largest absolute Gasteiger partial charge is 0.472 e. The molecule has 4 nitrogen and oxygen atoms in total. The van der Waals surface area contributed by atoms with Crippen LogP contribution in [0.4, 0.5) is 0 Å². The number of hydrogen-bond donors (Lipinski definition) is 0. The molecule has 0 aromatic carbocycles. The van der Waals surface area contributed by atoms with E-state index < -0.39 is 0 Å². The molecule has 0 spiro atoms. The number of nitrogens with zero attached hydrogens (tertiary/aromatic N) is 3. The first kappa shape index (κ1) is 10.5. The normalized spacial score (nSPS) is 11.2. The van der Waals surface area contributed by atoms with Gasteiger partial charge in [0, 0.05) is 16.6 Å². The highest BCUT2D eigenvalue weighted by atomic mass is 32.1. The Balaban J connectivity index is 1.95. The number of hydrogen-bond acceptors (Lipinski definition) is 4. The molecule has 0 fully saturated rings. The van der Waals surface area contributed by atoms with E-state index in [4.69, 9.17) is 4.42 Å². The van der Waals surface area contributed by atoms with Gasteiger partial charge in [-0.3, -0.25) is 4.40 Å². The van der Waals surface area contributed by atoms with E-state index >= 15 is 0 Å². The molecule has 0 radical (unpaired) electrons. The number of rotatable bonds is 2. The Labute approximate surface area is 113 Å². The van der Waals surface area contributed by atoms with Gasteiger partial charge in [0.1, 0.15) is 6.26 Å². The van der Waals surface area contributed by atoms with Gasteiger partial charge in [-0.2, -0.15) is 0 Å². The van der Waals surface area contributed by atoms with Crippen LogP contribution >= 0.6 is 11.3 Å². The fourth-order valence-electron chi connectivity index (χ4n) is 2.07. The lowest BCUT2D eigenvalue weighted by molar-refractivity contribution is 0.568. The first-order valence-electron chi connectivity index (χ1n) is 5.83. The molecule has 0 aliphatic heterocycles. The highest BCUT2D eigenvalue weighted by Crippen LogP contribution is 2.26. The van der Waals surface area contributed by atoms with Gasteiger partial charge >= 0.3 is 0 Å². The van der Waals surface area contributed by atoms with E-state index in [-0.39, 0.29) is 0 Å². The second-order valence-electron chi connectivity index (χ2n) is 4.16. The molecule has 0 saturated carbocycles. The van der Waals surface area contributed by atoms with E-state index in [1.54, 1.807) is 23.9 Å². The minimum atomic E-state index is 0.794. The molecular formula is C14H9N3OS. The Hall–Kier alpha value is -2.40. The second-order valence-corrected chi connectivity index (χ2v) is 5.11. The summed E-state index contributed by atoms with van der Waals surface area (Å²) < 4.78 is 7.10. The average Bonchev–Trinajstić information content (AvgIpc) is 3.18. The minimum absolute atomic E-state index is 0.794. The predicted octanol–water partition coefficient (Wildman–Crippen LogP) is 3.72. The van der Waals surface area contributed by atoms with Gasteiger partial charge in [-0.15, -0.1) is 21.5 Å². The highest BCUT2D eigenvalue weighted by molar-refractivity contribution is 7.13. The molecule has 0 aliphatic carbocycles. The monoisotopic (exact) mass is 267 g/mol. The molecule has 4 rings (SSSR count). The number of fused-ring (bicyclic) bond motifs is 1. The molecule has 5 heteroatoms. The van der Waals surface area contributed by atoms with Crippen molar-refractivity contribution in [1.29, 1.82) is 0 Å². The van der Waals surface area contributed by atoms with Crippen LogP contribution < -0.4 is 0 Å². The van der Waals surface area contributed by atoms with Crippen LogP contribution in [0.2, 0.25) is 0 Å². The number of thiophene rings is 1. The number of aromatic nitrogens is 3. The zero-order chi connectivity index (χ0) is 12.7. The molecule has 4 aromatic rings. The van der Waals surface area contributed by atoms with Gasteiger partial charge in [-0.05, 0) is 29.6 Å². The summed E-state index contributed by atoms with van der Waals surface area (Å²) in [5.41, 5.74) is 2.92. The van der Waals surface area contributed by atoms with Crippen molar-refractivity contribution in [3.63, 3.8) is 0 Å². The third-order valence-electron chi connectivity index (χ3n) is 2.99. The first-order chi connectivity index (χ1) is 9.42. The molecule has 0 N–H and O–H groups in total. The SMILES string of the molecule is c1csc(-c2ccc3nnc(-c4ccoc4)n3c2)c1. The zero-order valence-corrected chi connectivity index (χ0v) is 10.7. The molecule has 4 heterocycles. The maximum atomic E-state index is 5.11. The summed E-state index contributed by atoms with van der Waals surface area (Å²) in [5.74, 6) is 0.794. The van der Waals surface area contributed by atoms with Crippen LogP contribution in [-0.4, -0.2) is 14.6 Å². The lowest BCUT2D eigenvalue weighted by atomic mass is 10.2. The van der Waals surface area contributed by atoms with Crippen LogP contribution in [0.3, 0.4) is 0 Å². The average molecular weight is 267 g/mol. The molecule has 4 aromatic heterocycles. The summed E-state index contributed by atoms with van der Waals surface area (Å²) in [6.45, 7) is 0. The van der Waals surface area contributed by atoms with E-state index in [1.165, 1.54) is 4.88 Å². The van der Waals surface area contributed by atoms with Crippen LogP contribution in [-0.2, 0) is 0 Å². The molecular weight excluding hydrogens is 258 g/mol. The van der Waals surface area contributed by atoms with Gasteiger partial charge in [0.2, 0.25) is 0 Å². The van der Waals surface area contributed by atoms with Crippen molar-refractivity contribution in [1.82, 2.24) is 14.6 Å². The first-order valence-corrected chi connectivity index (χ1v) is 6.71. The Morgan fingerprint density at radius 3 is 2.84 bits per heavy atom. The molecule has 0 bridgehead atoms. The fourth-order valence-corrected chi connectivity index (χ4v) is 2.79. The van der Waals surface area contributed by atoms with Crippen molar-refractivity contribution in [2.75, 3.05) is 0 Å². The standard InChI is InChI=1S/C14H9N3OS/c1-2-12(19-7-1)10-3-4-13-15-16-14(17(13)8-10)11-5-6-18-9-11/h1-9H. The Kier molecular flexibility index (Phi) is 2.25. The van der Waals surface area contributed by atoms with Gasteiger partial charge in [0.15, 0.2) is 11.5 Å². The summed E-state index contributed by atoms with van der Waals surface area (Å²) >= 11 is 1.72. The molecule has 92 valence electrons. The minimum Gasteiger partial charge on any atom is -0.472 e. The van der Waals surface area contributed by atoms with Crippen LogP contribution in [0.5, 0.6) is 0 Å². The molecule has 0 atom stereocenters. The maximum absolute atomic E-state index is 5.11. The van der Waals surface area contributed by atoms with Crippen molar-refractivity contribution < 1.29 is 4.42 Å². The third kappa shape index (κ3) is 1.67. The van der Waals surface area contributed by atoms with E-state index in [2.05, 4.69) is 33.9 Å². The highest BCUT2D eigenvalue weighted by Gasteiger charge is 2.10. The number of pyridine rings is 1. The van der Waals surface area contributed by atoms with Gasteiger partial charge in [-0.1, -0.05) is 6.07 Å². The predicted molar refractivity (Wildman–Crippen MR) is 74.0 cm³/mol. The quantitative estimate of drug-likeness (QED) is 0.556. The van der Waals surface area contributed by atoms with E-state index in [9.17, 15) is 0 Å². The fraction of sp³-hybridized carbons (Fsp3) is 0. The summed E-state index contributed by atoms with van der Waals surface area (Å²) in [6, 6.07) is 10.1. The van der Waals surface area contributed by atoms with Gasteiger partial charge in [-0.25, -0.2) is 0 Å². The Morgan fingerprint density at radius 2 is 2.05 bits per heavy atom. The Morgan fingerprint density at radius 1 is 1.05 bits per heavy atom. The van der Waals surface area contributed by atoms with E-state index in [0.29, 0.717) is 0 Å². The van der Waals surface area contributed by atoms with Gasteiger partial charge in [0.05, 0.1) is 11.8 Å². The van der Waals surface area contributed by atoms with Crippen molar-refractivity contribution in [3.8, 4) is 21.8 Å². The molecule has 0 aliphatic rings. The smallest absolute Gasteiger partial charge is 0.171 e. The Bertz CT molecular complexity index is 816. The molecule has 19 heavy (non-hydrogen) atoms. The van der Waals surface area contributed by atoms with Crippen molar-refractivity contribution in [2.45, 2.75) is 0 Å². The molecule has 0 unspecified atom stereocenters. The topological polar surface area (TPSA) is 43.3 Å². The summed E-state index contributed by atoms with van der Waals surface area (Å²) in [4.78, 5) is 1.23. The van der Waals surface area contributed by atoms with E-state index in [1.807, 2.05) is 22.6 Å². The number of furan rings is 1. The molecule has 0 saturated heterocycles. The van der Waals surface area contributed by atoms with Crippen molar-refractivity contribution in [2.24, 2.45) is 0 Å². The lowest BCUT2D eigenvalue weighted by Gasteiger charge is -2.01. The molecule has 0 amide bonds. The maximum Gasteiger partial charge on any atom is 0.171 e. The van der Waals surface area contributed by atoms with Crippen molar-refractivity contribution >= 4 is 17.0 Å². The van der Waals surface area contributed by atoms with Crippen molar-refractivity contribution in [3.05, 3.63) is 54.4 Å². The zero-order valence-electron chi connectivity index (χ0n) is 9.85. The van der Waals surface area contributed by atoms with E-state index in [0.717, 1.165) is 22.6 Å². The lowest BCUT2D eigenvalue weighted by Crippen LogP contribution is -1.88. The van der Waals surface area contributed by atoms with Crippen LogP contribution in [0.25, 0.3) is 27.5 Å². The van der Waals surface area contributed by atoms with Crippen LogP contribution in [0, 0.1) is 0 Å². The van der Waals surface area contributed by atoms with Crippen LogP contribution in [0.15, 0.2) is 58.9 Å². The second kappa shape index (κ2) is 4.07. The third-order valence-corrected chi connectivity index (χ3v) is 3.91. The van der Waals surface area contributed by atoms with Crippen LogP contribution in [0.1, 0.15) is 0 Å². The van der Waals surface area contributed by atoms with Gasteiger partial charge < -0.3 is 4.42 Å². The summed E-state index contributed by atoms with van der Waals surface area (Å²) in [6.07, 6.45) is 5.37. The van der Waals surface area contributed by atoms with Gasteiger partial charge in [0.25, 0.3) is 0 Å². The summed E-state index contributed by atoms with van der Waals surface area (Å²) in [5, 5.41) is 10.5.